The molecule has 3 heterocycles. The van der Waals surface area contributed by atoms with Gasteiger partial charge in [0.15, 0.2) is 11.5 Å². The Balaban J connectivity index is 1.37. The van der Waals surface area contributed by atoms with Gasteiger partial charge in [-0.3, -0.25) is 14.2 Å². The van der Waals surface area contributed by atoms with E-state index in [2.05, 4.69) is 9.88 Å². The van der Waals surface area contributed by atoms with Crippen molar-refractivity contribution < 1.29 is 19.0 Å². The number of carbonyl (C=O) groups is 1. The van der Waals surface area contributed by atoms with Crippen LogP contribution in [-0.2, 0) is 16.1 Å². The highest BCUT2D eigenvalue weighted by Gasteiger charge is 2.38. The van der Waals surface area contributed by atoms with Gasteiger partial charge in [-0.15, -0.1) is 0 Å². The second-order valence-corrected chi connectivity index (χ2v) is 8.86. The van der Waals surface area contributed by atoms with E-state index in [0.717, 1.165) is 5.56 Å². The van der Waals surface area contributed by atoms with Gasteiger partial charge in [0.25, 0.3) is 5.56 Å². The summed E-state index contributed by atoms with van der Waals surface area (Å²) in [5.41, 5.74) is 0.745. The molecule has 184 valence electrons. The number of aromatic amines is 1. The molecule has 9 heteroatoms. The van der Waals surface area contributed by atoms with Crippen LogP contribution in [0.2, 0.25) is 0 Å². The smallest absolute Gasteiger partial charge is 0.328 e. The van der Waals surface area contributed by atoms with E-state index in [1.54, 1.807) is 31.2 Å². The van der Waals surface area contributed by atoms with Gasteiger partial charge in [0, 0.05) is 31.1 Å². The fraction of sp³-hybridized carbons (Fsp3) is 0.423. The Hall–Kier alpha value is -3.59. The molecule has 0 radical (unpaired) electrons. The summed E-state index contributed by atoms with van der Waals surface area (Å²) in [5.74, 6) is 0.688. The van der Waals surface area contributed by atoms with Crippen molar-refractivity contribution >= 4 is 16.9 Å². The molecule has 5 rings (SSSR count). The number of hydrogen-bond acceptors (Lipinski definition) is 7. The van der Waals surface area contributed by atoms with Crippen molar-refractivity contribution in [2.24, 2.45) is 5.92 Å². The molecular formula is C26H29N3O6. The molecule has 1 fully saturated rings. The zero-order valence-electron chi connectivity index (χ0n) is 19.7. The van der Waals surface area contributed by atoms with Crippen molar-refractivity contribution in [3.63, 3.8) is 0 Å². The Morgan fingerprint density at radius 3 is 2.77 bits per heavy atom. The standard InChI is InChI=1S/C26H29N3O6/c1-2-33-25(31)20-16-28(11-10-17(20)18-7-5-9-22-23(18)35-15-14-34-22)12-13-29-24(30)19-6-3-4-8-21(19)27-26(29)32/h3-9,17,20H,2,10-16H2,1H3,(H,27,32)/t17-,20-/m1/s1. The number of para-hydroxylation sites is 2. The number of fused-ring (bicyclic) bond motifs is 2. The maximum Gasteiger partial charge on any atom is 0.328 e. The maximum absolute atomic E-state index is 13.0. The molecule has 0 bridgehead atoms. The molecule has 1 aromatic heterocycles. The number of likely N-dealkylation sites (tertiary alicyclic amines) is 1. The van der Waals surface area contributed by atoms with Crippen LogP contribution in [0.5, 0.6) is 11.5 Å². The summed E-state index contributed by atoms with van der Waals surface area (Å²) >= 11 is 0. The molecule has 0 saturated carbocycles. The summed E-state index contributed by atoms with van der Waals surface area (Å²) in [4.78, 5) is 43.3. The van der Waals surface area contributed by atoms with Crippen molar-refractivity contribution in [3.05, 3.63) is 68.9 Å². The van der Waals surface area contributed by atoms with E-state index in [9.17, 15) is 14.4 Å². The SMILES string of the molecule is CCOC(=O)[C@@H]1CN(CCn2c(=O)[nH]c3ccccc3c2=O)CC[C@@H]1c1cccc2c1OCCO2. The molecular weight excluding hydrogens is 450 g/mol. The summed E-state index contributed by atoms with van der Waals surface area (Å²) in [6.45, 7) is 4.96. The predicted octanol–water partition coefficient (Wildman–Crippen LogP) is 2.13. The molecule has 0 spiro atoms. The van der Waals surface area contributed by atoms with Crippen molar-refractivity contribution in [2.45, 2.75) is 25.8 Å². The van der Waals surface area contributed by atoms with E-state index < -0.39 is 11.6 Å². The molecule has 0 unspecified atom stereocenters. The first-order chi connectivity index (χ1) is 17.1. The topological polar surface area (TPSA) is 103 Å². The van der Waals surface area contributed by atoms with Crippen LogP contribution in [0, 0.1) is 5.92 Å². The number of esters is 1. The molecule has 2 atom stereocenters. The van der Waals surface area contributed by atoms with E-state index in [-0.39, 0.29) is 24.0 Å². The van der Waals surface area contributed by atoms with Crippen LogP contribution < -0.4 is 20.7 Å². The molecule has 0 aliphatic carbocycles. The van der Waals surface area contributed by atoms with Gasteiger partial charge < -0.3 is 24.1 Å². The van der Waals surface area contributed by atoms with Crippen LogP contribution in [-0.4, -0.2) is 59.9 Å². The van der Waals surface area contributed by atoms with Gasteiger partial charge in [-0.05, 0) is 38.1 Å². The molecule has 2 aliphatic heterocycles. The average Bonchev–Trinajstić information content (AvgIpc) is 2.88. The normalized spacial score (nSPS) is 20.0. The van der Waals surface area contributed by atoms with Crippen LogP contribution in [0.1, 0.15) is 24.8 Å². The summed E-state index contributed by atoms with van der Waals surface area (Å²) in [6, 6.07) is 12.8. The summed E-state index contributed by atoms with van der Waals surface area (Å²) in [6.07, 6.45) is 0.715. The van der Waals surface area contributed by atoms with Gasteiger partial charge in [-0.25, -0.2) is 4.79 Å². The lowest BCUT2D eigenvalue weighted by molar-refractivity contribution is -0.150. The highest BCUT2D eigenvalue weighted by Crippen LogP contribution is 2.43. The lowest BCUT2D eigenvalue weighted by Gasteiger charge is -2.38. The molecule has 1 N–H and O–H groups in total. The molecule has 35 heavy (non-hydrogen) atoms. The van der Waals surface area contributed by atoms with Crippen molar-refractivity contribution in [2.75, 3.05) is 39.5 Å². The van der Waals surface area contributed by atoms with Crippen LogP contribution in [0.4, 0.5) is 0 Å². The largest absolute Gasteiger partial charge is 0.486 e. The second-order valence-electron chi connectivity index (χ2n) is 8.86. The Morgan fingerprint density at radius 2 is 1.91 bits per heavy atom. The Labute approximate surface area is 202 Å². The number of hydrogen-bond donors (Lipinski definition) is 1. The van der Waals surface area contributed by atoms with Gasteiger partial charge in [0.2, 0.25) is 0 Å². The molecule has 0 amide bonds. The third kappa shape index (κ3) is 4.55. The summed E-state index contributed by atoms with van der Waals surface area (Å²) < 4.78 is 18.3. The first-order valence-electron chi connectivity index (χ1n) is 12.1. The van der Waals surface area contributed by atoms with Crippen LogP contribution in [0.25, 0.3) is 10.9 Å². The fourth-order valence-corrected chi connectivity index (χ4v) is 5.11. The monoisotopic (exact) mass is 479 g/mol. The number of ether oxygens (including phenoxy) is 3. The van der Waals surface area contributed by atoms with Crippen LogP contribution in [0.15, 0.2) is 52.1 Å². The number of piperidine rings is 1. The number of aromatic nitrogens is 2. The highest BCUT2D eigenvalue weighted by molar-refractivity contribution is 5.77. The number of carbonyl (C=O) groups excluding carboxylic acids is 1. The van der Waals surface area contributed by atoms with Gasteiger partial charge in [0.1, 0.15) is 13.2 Å². The minimum absolute atomic E-state index is 0.0752. The quantitative estimate of drug-likeness (QED) is 0.541. The Bertz CT molecular complexity index is 1350. The van der Waals surface area contributed by atoms with Crippen molar-refractivity contribution in [1.29, 1.82) is 0 Å². The summed E-state index contributed by atoms with van der Waals surface area (Å²) in [5, 5.41) is 0.478. The molecule has 3 aromatic rings. The predicted molar refractivity (Wildman–Crippen MR) is 130 cm³/mol. The second kappa shape index (κ2) is 9.95. The van der Waals surface area contributed by atoms with E-state index >= 15 is 0 Å². The zero-order chi connectivity index (χ0) is 24.4. The number of nitrogens with zero attached hydrogens (tertiary/aromatic N) is 2. The van der Waals surface area contributed by atoms with Gasteiger partial charge in [-0.1, -0.05) is 24.3 Å². The third-order valence-electron chi connectivity index (χ3n) is 6.81. The maximum atomic E-state index is 13.0. The van der Waals surface area contributed by atoms with E-state index in [1.165, 1.54) is 4.57 Å². The average molecular weight is 480 g/mol. The van der Waals surface area contributed by atoms with E-state index in [4.69, 9.17) is 14.2 Å². The minimum atomic E-state index is -0.432. The molecule has 1 saturated heterocycles. The minimum Gasteiger partial charge on any atom is -0.486 e. The third-order valence-corrected chi connectivity index (χ3v) is 6.81. The van der Waals surface area contributed by atoms with Crippen LogP contribution in [0.3, 0.4) is 0 Å². The van der Waals surface area contributed by atoms with Gasteiger partial charge in [-0.2, -0.15) is 0 Å². The highest BCUT2D eigenvalue weighted by atomic mass is 16.6. The van der Waals surface area contributed by atoms with Crippen LogP contribution >= 0.6 is 0 Å². The van der Waals surface area contributed by atoms with Gasteiger partial charge >= 0.3 is 11.7 Å². The van der Waals surface area contributed by atoms with Crippen molar-refractivity contribution in [3.8, 4) is 11.5 Å². The lowest BCUT2D eigenvalue weighted by Crippen LogP contribution is -2.46. The summed E-state index contributed by atoms with van der Waals surface area (Å²) in [7, 11) is 0. The lowest BCUT2D eigenvalue weighted by atomic mass is 9.79. The first-order valence-corrected chi connectivity index (χ1v) is 12.1. The van der Waals surface area contributed by atoms with Crippen molar-refractivity contribution in [1.82, 2.24) is 14.5 Å². The van der Waals surface area contributed by atoms with Gasteiger partial charge in [0.05, 0.1) is 23.4 Å². The number of benzene rings is 2. The molecule has 9 nitrogen and oxygen atoms in total. The molecule has 2 aromatic carbocycles. The van der Waals surface area contributed by atoms with E-state index in [0.29, 0.717) is 68.3 Å². The molecule has 2 aliphatic rings. The Morgan fingerprint density at radius 1 is 1.09 bits per heavy atom. The first kappa shape index (κ1) is 23.2. The number of H-pyrrole nitrogens is 1. The number of nitrogens with one attached hydrogen (secondary N) is 1. The fourth-order valence-electron chi connectivity index (χ4n) is 5.11. The number of rotatable bonds is 6. The van der Waals surface area contributed by atoms with E-state index in [1.807, 2.05) is 18.2 Å². The zero-order valence-corrected chi connectivity index (χ0v) is 19.7. The Kier molecular flexibility index (Phi) is 6.59.